The van der Waals surface area contributed by atoms with Crippen LogP contribution in [0.15, 0.2) is 36.8 Å². The predicted molar refractivity (Wildman–Crippen MR) is 78.1 cm³/mol. The van der Waals surface area contributed by atoms with E-state index in [4.69, 9.17) is 4.74 Å². The Hall–Kier alpha value is -2.21. The third-order valence-corrected chi connectivity index (χ3v) is 3.41. The summed E-state index contributed by atoms with van der Waals surface area (Å²) in [5, 5.41) is 6.99. The number of hydrogen-bond acceptors (Lipinski definition) is 4. The first-order valence-corrected chi connectivity index (χ1v) is 7.11. The van der Waals surface area contributed by atoms with Crippen LogP contribution in [0.5, 0.6) is 0 Å². The number of carbonyl (C=O) groups is 1. The van der Waals surface area contributed by atoms with Crippen LogP contribution < -0.4 is 5.32 Å². The van der Waals surface area contributed by atoms with Gasteiger partial charge in [0.05, 0.1) is 12.3 Å². The van der Waals surface area contributed by atoms with Crippen LogP contribution in [0.3, 0.4) is 0 Å². The molecular formula is C15H18N4O2. The first-order chi connectivity index (χ1) is 10.2. The molecule has 1 saturated carbocycles. The van der Waals surface area contributed by atoms with Gasteiger partial charge in [0.25, 0.3) is 5.91 Å². The lowest BCUT2D eigenvalue weighted by Gasteiger charge is -2.14. The van der Waals surface area contributed by atoms with Gasteiger partial charge in [-0.2, -0.15) is 5.10 Å². The van der Waals surface area contributed by atoms with Crippen LogP contribution in [-0.4, -0.2) is 33.4 Å². The highest BCUT2D eigenvalue weighted by atomic mass is 16.5. The molecule has 2 aromatic rings. The van der Waals surface area contributed by atoms with Gasteiger partial charge in [-0.25, -0.2) is 9.67 Å². The van der Waals surface area contributed by atoms with Crippen LogP contribution in [0.2, 0.25) is 0 Å². The molecule has 1 unspecified atom stereocenters. The average Bonchev–Trinajstić information content (AvgIpc) is 3.17. The Balaban J connectivity index is 1.67. The second-order valence-corrected chi connectivity index (χ2v) is 5.23. The van der Waals surface area contributed by atoms with Gasteiger partial charge in [-0.3, -0.25) is 4.79 Å². The molecule has 1 N–H and O–H groups in total. The molecule has 0 saturated heterocycles. The minimum absolute atomic E-state index is 0.169. The fourth-order valence-corrected chi connectivity index (χ4v) is 1.95. The first-order valence-electron chi connectivity index (χ1n) is 7.11. The van der Waals surface area contributed by atoms with Crippen molar-refractivity contribution in [3.63, 3.8) is 0 Å². The Kier molecular flexibility index (Phi) is 3.96. The number of ether oxygens (including phenoxy) is 1. The monoisotopic (exact) mass is 286 g/mol. The molecule has 21 heavy (non-hydrogen) atoms. The minimum atomic E-state index is -0.476. The number of aromatic nitrogens is 3. The highest BCUT2D eigenvalue weighted by Gasteiger charge is 2.24. The van der Waals surface area contributed by atoms with Gasteiger partial charge < -0.3 is 10.1 Å². The zero-order chi connectivity index (χ0) is 14.7. The molecule has 0 bridgehead atoms. The van der Waals surface area contributed by atoms with Crippen LogP contribution in [0.4, 0.5) is 5.69 Å². The Morgan fingerprint density at radius 1 is 1.48 bits per heavy atom. The van der Waals surface area contributed by atoms with Crippen molar-refractivity contribution >= 4 is 11.6 Å². The lowest BCUT2D eigenvalue weighted by Crippen LogP contribution is -2.29. The molecule has 110 valence electrons. The summed E-state index contributed by atoms with van der Waals surface area (Å²) < 4.78 is 7.19. The fourth-order valence-electron chi connectivity index (χ4n) is 1.95. The number of amides is 1. The van der Waals surface area contributed by atoms with Crippen molar-refractivity contribution in [1.29, 1.82) is 0 Å². The van der Waals surface area contributed by atoms with Gasteiger partial charge in [-0.1, -0.05) is 0 Å². The van der Waals surface area contributed by atoms with Gasteiger partial charge >= 0.3 is 0 Å². The standard InChI is InChI=1S/C15H18N4O2/c1-11(21-10-12-5-6-12)15(20)18-13-4-2-7-16-14(13)19-9-3-8-17-19/h2-4,7-9,11-12H,5-6,10H2,1H3,(H,18,20). The Bertz CT molecular complexity index is 608. The Labute approximate surface area is 123 Å². The van der Waals surface area contributed by atoms with Gasteiger partial charge in [0.1, 0.15) is 6.10 Å². The topological polar surface area (TPSA) is 69.0 Å². The molecule has 0 radical (unpaired) electrons. The SMILES string of the molecule is CC(OCC1CC1)C(=O)Nc1cccnc1-n1cccn1. The number of pyridine rings is 1. The zero-order valence-corrected chi connectivity index (χ0v) is 11.9. The van der Waals surface area contributed by atoms with E-state index in [1.807, 2.05) is 6.07 Å². The molecular weight excluding hydrogens is 268 g/mol. The highest BCUT2D eigenvalue weighted by Crippen LogP contribution is 2.29. The molecule has 2 heterocycles. The average molecular weight is 286 g/mol. The van der Waals surface area contributed by atoms with Crippen LogP contribution >= 0.6 is 0 Å². The molecule has 1 fully saturated rings. The van der Waals surface area contributed by atoms with E-state index in [0.29, 0.717) is 24.0 Å². The largest absolute Gasteiger partial charge is 0.368 e. The van der Waals surface area contributed by atoms with E-state index in [2.05, 4.69) is 15.4 Å². The highest BCUT2D eigenvalue weighted by molar-refractivity contribution is 5.95. The van der Waals surface area contributed by atoms with E-state index in [1.165, 1.54) is 12.8 Å². The van der Waals surface area contributed by atoms with E-state index in [9.17, 15) is 4.79 Å². The molecule has 2 aromatic heterocycles. The molecule has 1 atom stereocenters. The van der Waals surface area contributed by atoms with Crippen molar-refractivity contribution in [3.05, 3.63) is 36.8 Å². The summed E-state index contributed by atoms with van der Waals surface area (Å²) in [6, 6.07) is 5.38. The summed E-state index contributed by atoms with van der Waals surface area (Å²) in [7, 11) is 0. The lowest BCUT2D eigenvalue weighted by atomic mass is 10.3. The summed E-state index contributed by atoms with van der Waals surface area (Å²) in [5.41, 5.74) is 0.619. The van der Waals surface area contributed by atoms with Gasteiger partial charge in [-0.15, -0.1) is 0 Å². The van der Waals surface area contributed by atoms with Gasteiger partial charge in [0.2, 0.25) is 0 Å². The number of anilines is 1. The third kappa shape index (κ3) is 3.46. The molecule has 3 rings (SSSR count). The molecule has 0 aromatic carbocycles. The van der Waals surface area contributed by atoms with Crippen LogP contribution in [0, 0.1) is 5.92 Å². The van der Waals surface area contributed by atoms with E-state index in [0.717, 1.165) is 0 Å². The van der Waals surface area contributed by atoms with Gasteiger partial charge in [0.15, 0.2) is 5.82 Å². The van der Waals surface area contributed by atoms with Crippen molar-refractivity contribution in [2.45, 2.75) is 25.9 Å². The van der Waals surface area contributed by atoms with E-state index < -0.39 is 6.10 Å². The molecule has 1 aliphatic carbocycles. The summed E-state index contributed by atoms with van der Waals surface area (Å²) in [4.78, 5) is 16.4. The van der Waals surface area contributed by atoms with Gasteiger partial charge in [-0.05, 0) is 43.9 Å². The second-order valence-electron chi connectivity index (χ2n) is 5.23. The second kappa shape index (κ2) is 6.05. The number of nitrogens with zero attached hydrogens (tertiary/aromatic N) is 3. The first kappa shape index (κ1) is 13.8. The smallest absolute Gasteiger partial charge is 0.253 e. The van der Waals surface area contributed by atoms with Crippen molar-refractivity contribution in [2.24, 2.45) is 5.92 Å². The fraction of sp³-hybridized carbons (Fsp3) is 0.400. The molecule has 0 aliphatic heterocycles. The number of rotatable bonds is 6. The number of hydrogen-bond donors (Lipinski definition) is 1. The maximum Gasteiger partial charge on any atom is 0.253 e. The van der Waals surface area contributed by atoms with Crippen LogP contribution in [0.1, 0.15) is 19.8 Å². The maximum absolute atomic E-state index is 12.2. The summed E-state index contributed by atoms with van der Waals surface area (Å²) in [6.45, 7) is 2.43. The lowest BCUT2D eigenvalue weighted by molar-refractivity contribution is -0.126. The number of nitrogens with one attached hydrogen (secondary N) is 1. The molecule has 1 aliphatic rings. The molecule has 6 heteroatoms. The molecule has 1 amide bonds. The Morgan fingerprint density at radius 2 is 2.33 bits per heavy atom. The maximum atomic E-state index is 12.2. The van der Waals surface area contributed by atoms with Crippen molar-refractivity contribution in [2.75, 3.05) is 11.9 Å². The third-order valence-electron chi connectivity index (χ3n) is 3.41. The Morgan fingerprint density at radius 3 is 3.05 bits per heavy atom. The van der Waals surface area contributed by atoms with Crippen molar-refractivity contribution in [1.82, 2.24) is 14.8 Å². The minimum Gasteiger partial charge on any atom is -0.368 e. The molecule has 6 nitrogen and oxygen atoms in total. The van der Waals surface area contributed by atoms with Crippen molar-refractivity contribution < 1.29 is 9.53 Å². The van der Waals surface area contributed by atoms with E-state index >= 15 is 0 Å². The van der Waals surface area contributed by atoms with Crippen molar-refractivity contribution in [3.8, 4) is 5.82 Å². The van der Waals surface area contributed by atoms with Crippen LogP contribution in [0.25, 0.3) is 5.82 Å². The van der Waals surface area contributed by atoms with E-state index in [-0.39, 0.29) is 5.91 Å². The summed E-state index contributed by atoms with van der Waals surface area (Å²) in [5.74, 6) is 1.06. The molecule has 0 spiro atoms. The quantitative estimate of drug-likeness (QED) is 0.882. The summed E-state index contributed by atoms with van der Waals surface area (Å²) in [6.07, 6.45) is 7.06. The van der Waals surface area contributed by atoms with E-state index in [1.54, 1.807) is 42.3 Å². The summed E-state index contributed by atoms with van der Waals surface area (Å²) >= 11 is 0. The number of carbonyl (C=O) groups excluding carboxylic acids is 1. The normalized spacial score (nSPS) is 15.7. The zero-order valence-electron chi connectivity index (χ0n) is 11.9. The van der Waals surface area contributed by atoms with Gasteiger partial charge in [0, 0.05) is 18.6 Å². The predicted octanol–water partition coefficient (Wildman–Crippen LogP) is 2.02. The van der Waals surface area contributed by atoms with Crippen LogP contribution in [-0.2, 0) is 9.53 Å².